The summed E-state index contributed by atoms with van der Waals surface area (Å²) in [4.78, 5) is 4.45. The van der Waals surface area contributed by atoms with Crippen molar-refractivity contribution in [2.75, 3.05) is 6.54 Å². The highest BCUT2D eigenvalue weighted by molar-refractivity contribution is 5.85. The first-order chi connectivity index (χ1) is 7.95. The van der Waals surface area contributed by atoms with E-state index in [-0.39, 0.29) is 12.4 Å². The van der Waals surface area contributed by atoms with Crippen LogP contribution in [0.15, 0.2) is 59.6 Å². The molecule has 1 aliphatic heterocycles. The maximum absolute atomic E-state index is 4.45. The van der Waals surface area contributed by atoms with Gasteiger partial charge in [-0.3, -0.25) is 4.99 Å². The molecular weight excluding hydrogens is 230 g/mol. The zero-order valence-electron chi connectivity index (χ0n) is 9.41. The number of halogens is 1. The summed E-state index contributed by atoms with van der Waals surface area (Å²) in [5, 5.41) is 0. The average molecular weight is 244 g/mol. The number of fused-ring (bicyclic) bond motifs is 1. The van der Waals surface area contributed by atoms with Gasteiger partial charge in [0.05, 0.1) is 0 Å². The first-order valence-corrected chi connectivity index (χ1v) is 5.59. The number of aliphatic imine (C=N–C) groups is 1. The molecule has 1 atom stereocenters. The molecule has 0 aliphatic carbocycles. The van der Waals surface area contributed by atoms with E-state index in [1.54, 1.807) is 0 Å². The summed E-state index contributed by atoms with van der Waals surface area (Å²) >= 11 is 0. The molecule has 0 amide bonds. The molecule has 1 aliphatic rings. The lowest BCUT2D eigenvalue weighted by atomic mass is 9.87. The van der Waals surface area contributed by atoms with Crippen LogP contribution in [0.25, 0.3) is 0 Å². The van der Waals surface area contributed by atoms with Gasteiger partial charge in [0.1, 0.15) is 0 Å². The molecule has 0 spiro atoms. The molecule has 2 heteroatoms. The predicted octanol–water partition coefficient (Wildman–Crippen LogP) is 3.67. The third kappa shape index (κ3) is 2.25. The zero-order chi connectivity index (χ0) is 10.8. The van der Waals surface area contributed by atoms with E-state index in [4.69, 9.17) is 0 Å². The van der Waals surface area contributed by atoms with Crippen molar-refractivity contribution < 1.29 is 0 Å². The summed E-state index contributed by atoms with van der Waals surface area (Å²) < 4.78 is 0. The maximum Gasteiger partial charge on any atom is 0.0499 e. The third-order valence-electron chi connectivity index (χ3n) is 3.09. The largest absolute Gasteiger partial charge is 0.292 e. The summed E-state index contributed by atoms with van der Waals surface area (Å²) in [5.41, 5.74) is 4.00. The molecule has 0 saturated heterocycles. The summed E-state index contributed by atoms with van der Waals surface area (Å²) in [5.74, 6) is 0.419. The van der Waals surface area contributed by atoms with Gasteiger partial charge in [-0.05, 0) is 16.7 Å². The van der Waals surface area contributed by atoms with E-state index in [9.17, 15) is 0 Å². The normalized spacial score (nSPS) is 17.1. The Morgan fingerprint density at radius 1 is 0.882 bits per heavy atom. The Kier molecular flexibility index (Phi) is 3.60. The van der Waals surface area contributed by atoms with Gasteiger partial charge < -0.3 is 0 Å². The number of rotatable bonds is 1. The van der Waals surface area contributed by atoms with Crippen LogP contribution < -0.4 is 0 Å². The maximum atomic E-state index is 4.45. The van der Waals surface area contributed by atoms with Crippen LogP contribution in [-0.4, -0.2) is 12.8 Å². The summed E-state index contributed by atoms with van der Waals surface area (Å²) in [6, 6.07) is 19.1. The minimum Gasteiger partial charge on any atom is -0.292 e. The fraction of sp³-hybridized carbons (Fsp3) is 0.133. The highest BCUT2D eigenvalue weighted by Gasteiger charge is 2.18. The van der Waals surface area contributed by atoms with Gasteiger partial charge in [-0.1, -0.05) is 54.6 Å². The molecule has 3 rings (SSSR count). The van der Waals surface area contributed by atoms with Crippen molar-refractivity contribution in [3.05, 3.63) is 71.3 Å². The minimum atomic E-state index is 0. The molecule has 17 heavy (non-hydrogen) atoms. The van der Waals surface area contributed by atoms with Crippen molar-refractivity contribution in [1.29, 1.82) is 0 Å². The molecule has 0 aromatic heterocycles. The summed E-state index contributed by atoms with van der Waals surface area (Å²) in [6.45, 7) is 0.862. The first-order valence-electron chi connectivity index (χ1n) is 5.59. The molecule has 2 aromatic carbocycles. The minimum absolute atomic E-state index is 0. The van der Waals surface area contributed by atoms with Crippen molar-refractivity contribution in [3.63, 3.8) is 0 Å². The lowest BCUT2D eigenvalue weighted by Crippen LogP contribution is -2.12. The van der Waals surface area contributed by atoms with E-state index < -0.39 is 0 Å². The molecule has 1 unspecified atom stereocenters. The van der Waals surface area contributed by atoms with Gasteiger partial charge in [-0.2, -0.15) is 0 Å². The van der Waals surface area contributed by atoms with Crippen LogP contribution in [-0.2, 0) is 0 Å². The van der Waals surface area contributed by atoms with Gasteiger partial charge in [0, 0.05) is 18.7 Å². The van der Waals surface area contributed by atoms with Crippen molar-refractivity contribution in [2.45, 2.75) is 5.92 Å². The molecule has 0 bridgehead atoms. The van der Waals surface area contributed by atoms with Crippen LogP contribution in [0.2, 0.25) is 0 Å². The second kappa shape index (κ2) is 5.15. The molecular formula is C15H14ClN. The van der Waals surface area contributed by atoms with E-state index in [1.807, 2.05) is 6.21 Å². The van der Waals surface area contributed by atoms with Crippen molar-refractivity contribution in [2.24, 2.45) is 4.99 Å². The fourth-order valence-electron chi connectivity index (χ4n) is 2.27. The van der Waals surface area contributed by atoms with Gasteiger partial charge in [0.25, 0.3) is 0 Å². The first kappa shape index (κ1) is 11.9. The van der Waals surface area contributed by atoms with Gasteiger partial charge >= 0.3 is 0 Å². The fourth-order valence-corrected chi connectivity index (χ4v) is 2.27. The SMILES string of the molecule is C1=NCC(c2ccccc2)c2ccccc21.Cl. The second-order valence-electron chi connectivity index (χ2n) is 4.09. The van der Waals surface area contributed by atoms with Gasteiger partial charge in [0.15, 0.2) is 0 Å². The van der Waals surface area contributed by atoms with Gasteiger partial charge in [0.2, 0.25) is 0 Å². The molecule has 2 aromatic rings. The Labute approximate surface area is 108 Å². The van der Waals surface area contributed by atoms with Crippen LogP contribution in [0.5, 0.6) is 0 Å². The van der Waals surface area contributed by atoms with Crippen LogP contribution in [0.3, 0.4) is 0 Å². The number of hydrogen-bond acceptors (Lipinski definition) is 1. The number of nitrogens with zero attached hydrogens (tertiary/aromatic N) is 1. The lowest BCUT2D eigenvalue weighted by Gasteiger charge is -2.21. The molecule has 0 fully saturated rings. The molecule has 0 saturated carbocycles. The highest BCUT2D eigenvalue weighted by atomic mass is 35.5. The Morgan fingerprint density at radius 2 is 1.59 bits per heavy atom. The van der Waals surface area contributed by atoms with Gasteiger partial charge in [-0.15, -0.1) is 12.4 Å². The van der Waals surface area contributed by atoms with Crippen molar-refractivity contribution in [1.82, 2.24) is 0 Å². The third-order valence-corrected chi connectivity index (χ3v) is 3.09. The standard InChI is InChI=1S/C15H13N.ClH/c1-2-6-12(7-3-1)15-11-16-10-13-8-4-5-9-14(13)15;/h1-10,15H,11H2;1H. The van der Waals surface area contributed by atoms with Crippen LogP contribution >= 0.6 is 12.4 Å². The molecule has 0 N–H and O–H groups in total. The van der Waals surface area contributed by atoms with Crippen LogP contribution in [0.1, 0.15) is 22.6 Å². The van der Waals surface area contributed by atoms with E-state index in [0.717, 1.165) is 6.54 Å². The van der Waals surface area contributed by atoms with E-state index in [2.05, 4.69) is 59.6 Å². The Balaban J connectivity index is 0.00000108. The van der Waals surface area contributed by atoms with Crippen molar-refractivity contribution in [3.8, 4) is 0 Å². The Bertz CT molecular complexity index is 519. The molecule has 1 heterocycles. The quantitative estimate of drug-likeness (QED) is 0.725. The van der Waals surface area contributed by atoms with E-state index in [0.29, 0.717) is 5.92 Å². The smallest absolute Gasteiger partial charge is 0.0499 e. The Morgan fingerprint density at radius 3 is 2.41 bits per heavy atom. The van der Waals surface area contributed by atoms with E-state index in [1.165, 1.54) is 16.7 Å². The highest BCUT2D eigenvalue weighted by Crippen LogP contribution is 2.29. The molecule has 0 radical (unpaired) electrons. The Hall–Kier alpha value is -1.60. The number of benzene rings is 2. The second-order valence-corrected chi connectivity index (χ2v) is 4.09. The van der Waals surface area contributed by atoms with Gasteiger partial charge in [-0.25, -0.2) is 0 Å². The lowest BCUT2D eigenvalue weighted by molar-refractivity contribution is 0.809. The average Bonchev–Trinajstić information content (AvgIpc) is 2.39. The molecule has 86 valence electrons. The van der Waals surface area contributed by atoms with Crippen LogP contribution in [0.4, 0.5) is 0 Å². The van der Waals surface area contributed by atoms with Crippen molar-refractivity contribution >= 4 is 18.6 Å². The number of hydrogen-bond donors (Lipinski definition) is 0. The molecule has 1 nitrogen and oxygen atoms in total. The van der Waals surface area contributed by atoms with Crippen LogP contribution in [0, 0.1) is 0 Å². The predicted molar refractivity (Wildman–Crippen MR) is 74.4 cm³/mol. The summed E-state index contributed by atoms with van der Waals surface area (Å²) in [7, 11) is 0. The topological polar surface area (TPSA) is 12.4 Å². The van der Waals surface area contributed by atoms with E-state index >= 15 is 0 Å². The zero-order valence-corrected chi connectivity index (χ0v) is 10.2. The monoisotopic (exact) mass is 243 g/mol. The summed E-state index contributed by atoms with van der Waals surface area (Å²) in [6.07, 6.45) is 1.98.